The van der Waals surface area contributed by atoms with Gasteiger partial charge in [-0.05, 0) is 24.3 Å². The van der Waals surface area contributed by atoms with Gasteiger partial charge in [-0.3, -0.25) is 19.1 Å². The molecule has 0 fully saturated rings. The van der Waals surface area contributed by atoms with E-state index in [2.05, 4.69) is 10.6 Å². The summed E-state index contributed by atoms with van der Waals surface area (Å²) in [4.78, 5) is 34.9. The third kappa shape index (κ3) is 7.16. The molecule has 138 valence electrons. The largest absolute Gasteiger partial charge is 0.396 e. The second kappa shape index (κ2) is 8.42. The van der Waals surface area contributed by atoms with Crippen molar-refractivity contribution in [3.05, 3.63) is 29.8 Å². The van der Waals surface area contributed by atoms with Crippen LogP contribution < -0.4 is 21.1 Å². The summed E-state index contributed by atoms with van der Waals surface area (Å²) in [5.74, 6) is -2.13. The highest BCUT2D eigenvalue weighted by Gasteiger charge is 2.20. The molecule has 0 heterocycles. The van der Waals surface area contributed by atoms with Crippen LogP contribution >= 0.6 is 0 Å². The number of amides is 3. The van der Waals surface area contributed by atoms with Crippen LogP contribution in [0.3, 0.4) is 0 Å². The van der Waals surface area contributed by atoms with Crippen LogP contribution in [0.4, 0.5) is 9.57 Å². The first-order valence-corrected chi connectivity index (χ1v) is 8.58. The van der Waals surface area contributed by atoms with E-state index in [9.17, 15) is 26.7 Å². The van der Waals surface area contributed by atoms with Gasteiger partial charge in [-0.2, -0.15) is 8.42 Å². The van der Waals surface area contributed by atoms with Crippen molar-refractivity contribution in [3.63, 3.8) is 0 Å². The van der Waals surface area contributed by atoms with Crippen LogP contribution in [0.5, 0.6) is 0 Å². The van der Waals surface area contributed by atoms with Crippen molar-refractivity contribution in [2.45, 2.75) is 19.9 Å². The van der Waals surface area contributed by atoms with E-state index >= 15 is 0 Å². The third-order valence-electron chi connectivity index (χ3n) is 3.04. The summed E-state index contributed by atoms with van der Waals surface area (Å²) < 4.78 is 35.0. The summed E-state index contributed by atoms with van der Waals surface area (Å²) in [5, 5.41) is 4.84. The Kier molecular flexibility index (Phi) is 6.86. The van der Waals surface area contributed by atoms with E-state index in [0.717, 1.165) is 0 Å². The molecule has 25 heavy (non-hydrogen) atoms. The Labute approximate surface area is 144 Å². The van der Waals surface area contributed by atoms with Crippen LogP contribution in [-0.2, 0) is 20.0 Å². The first kappa shape index (κ1) is 20.4. The fourth-order valence-corrected chi connectivity index (χ4v) is 2.11. The molecule has 0 spiro atoms. The van der Waals surface area contributed by atoms with Crippen molar-refractivity contribution >= 4 is 33.8 Å². The number of anilines is 1. The lowest BCUT2D eigenvalue weighted by Crippen LogP contribution is -2.52. The van der Waals surface area contributed by atoms with Crippen LogP contribution in [0.15, 0.2) is 24.3 Å². The molecule has 1 unspecified atom stereocenters. The van der Waals surface area contributed by atoms with Crippen LogP contribution in [0.25, 0.3) is 0 Å². The van der Waals surface area contributed by atoms with Crippen molar-refractivity contribution in [3.8, 4) is 0 Å². The fraction of sp³-hybridized carbons (Fsp3) is 0.357. The monoisotopic (exact) mass is 374 g/mol. The molecule has 1 rings (SSSR count). The number of carbonyl (C=O) groups excluding carboxylic acids is 3. The highest BCUT2D eigenvalue weighted by atomic mass is 32.3. The van der Waals surface area contributed by atoms with Gasteiger partial charge >= 0.3 is 10.4 Å². The lowest BCUT2D eigenvalue weighted by atomic mass is 10.1. The van der Waals surface area contributed by atoms with E-state index in [4.69, 9.17) is 5.73 Å². The molecule has 3 amide bonds. The normalized spacial score (nSPS) is 12.3. The van der Waals surface area contributed by atoms with Gasteiger partial charge < -0.3 is 16.4 Å². The summed E-state index contributed by atoms with van der Waals surface area (Å²) in [6.07, 6.45) is 0. The topological polar surface area (TPSA) is 147 Å². The van der Waals surface area contributed by atoms with Crippen LogP contribution in [0.2, 0.25) is 0 Å². The number of hydrogen-bond acceptors (Lipinski definition) is 5. The van der Waals surface area contributed by atoms with Crippen molar-refractivity contribution < 1.29 is 26.7 Å². The predicted octanol–water partition coefficient (Wildman–Crippen LogP) is -0.331. The van der Waals surface area contributed by atoms with Gasteiger partial charge in [0.15, 0.2) is 0 Å². The molecule has 0 aliphatic heterocycles. The molecule has 0 saturated carbocycles. The van der Waals surface area contributed by atoms with Gasteiger partial charge in [0.1, 0.15) is 6.04 Å². The van der Waals surface area contributed by atoms with Gasteiger partial charge in [-0.1, -0.05) is 17.7 Å². The van der Waals surface area contributed by atoms with Crippen LogP contribution in [0.1, 0.15) is 24.2 Å². The van der Waals surface area contributed by atoms with E-state index < -0.39 is 28.3 Å². The smallest absolute Gasteiger partial charge is 0.368 e. The van der Waals surface area contributed by atoms with Gasteiger partial charge in [0, 0.05) is 18.0 Å². The molecule has 0 aromatic heterocycles. The summed E-state index contributed by atoms with van der Waals surface area (Å²) in [6.45, 7) is 3.06. The number of hydrogen-bond donors (Lipinski definition) is 4. The Morgan fingerprint density at radius 3 is 2.16 bits per heavy atom. The molecule has 11 heteroatoms. The average Bonchev–Trinajstić information content (AvgIpc) is 2.49. The maximum absolute atomic E-state index is 12.5. The summed E-state index contributed by atoms with van der Waals surface area (Å²) in [7, 11) is -4.90. The Hall–Kier alpha value is -2.69. The highest BCUT2D eigenvalue weighted by molar-refractivity contribution is 7.87. The number of carbonyl (C=O) groups is 3. The van der Waals surface area contributed by atoms with Gasteiger partial charge in [-0.15, -0.1) is 0 Å². The Bertz CT molecular complexity index is 749. The number of halogens is 1. The molecular weight excluding hydrogens is 355 g/mol. The number of primary amides is 1. The third-order valence-corrected chi connectivity index (χ3v) is 3.52. The molecular formula is C14H19FN4O5S. The minimum Gasteiger partial charge on any atom is -0.368 e. The molecule has 0 bridgehead atoms. The Balaban J connectivity index is 2.68. The van der Waals surface area contributed by atoms with Crippen molar-refractivity contribution in [1.82, 2.24) is 10.6 Å². The molecule has 9 nitrogen and oxygen atoms in total. The average molecular weight is 374 g/mol. The summed E-state index contributed by atoms with van der Waals surface area (Å²) >= 11 is 0. The van der Waals surface area contributed by atoms with Crippen molar-refractivity contribution in [2.75, 3.05) is 11.3 Å². The molecule has 0 saturated heterocycles. The van der Waals surface area contributed by atoms with E-state index in [1.807, 2.05) is 0 Å². The molecule has 0 aliphatic carbocycles. The zero-order valence-electron chi connectivity index (χ0n) is 13.6. The van der Waals surface area contributed by atoms with E-state index in [-0.39, 0.29) is 29.6 Å². The highest BCUT2D eigenvalue weighted by Crippen LogP contribution is 2.11. The fourth-order valence-electron chi connectivity index (χ4n) is 1.69. The lowest BCUT2D eigenvalue weighted by molar-refractivity contribution is -0.129. The van der Waals surface area contributed by atoms with Gasteiger partial charge in [0.2, 0.25) is 11.8 Å². The number of benzene rings is 1. The standard InChI is InChI=1S/C14H19FN4O5S/c1-8(2)13(21)18-11(12(16)20)7-17-14(22)9-3-5-10(6-4-9)19-25(15,23)24/h3-6,8,11,19H,7H2,1-2H3,(H2,16,20)(H,17,22)(H,18,21). The lowest BCUT2D eigenvalue weighted by Gasteiger charge is -2.17. The van der Waals surface area contributed by atoms with Crippen molar-refractivity contribution in [2.24, 2.45) is 11.7 Å². The summed E-state index contributed by atoms with van der Waals surface area (Å²) in [6, 6.07) is 3.83. The van der Waals surface area contributed by atoms with E-state index in [1.165, 1.54) is 24.3 Å². The van der Waals surface area contributed by atoms with Gasteiger partial charge in [0.05, 0.1) is 5.69 Å². The zero-order valence-corrected chi connectivity index (χ0v) is 14.4. The first-order valence-electron chi connectivity index (χ1n) is 7.20. The maximum Gasteiger partial charge on any atom is 0.396 e. The molecule has 1 aromatic rings. The van der Waals surface area contributed by atoms with Gasteiger partial charge in [-0.25, -0.2) is 0 Å². The van der Waals surface area contributed by atoms with E-state index in [1.54, 1.807) is 18.6 Å². The molecule has 0 radical (unpaired) electrons. The molecule has 1 atom stereocenters. The number of nitrogens with one attached hydrogen (secondary N) is 3. The molecule has 5 N–H and O–H groups in total. The number of rotatable bonds is 8. The zero-order chi connectivity index (χ0) is 19.2. The quantitative estimate of drug-likeness (QED) is 0.460. The second-order valence-corrected chi connectivity index (χ2v) is 6.53. The van der Waals surface area contributed by atoms with Crippen LogP contribution in [-0.4, -0.2) is 38.7 Å². The first-order chi connectivity index (χ1) is 11.5. The second-order valence-electron chi connectivity index (χ2n) is 5.45. The van der Waals surface area contributed by atoms with Crippen LogP contribution in [0, 0.1) is 5.92 Å². The van der Waals surface area contributed by atoms with Crippen molar-refractivity contribution in [1.29, 1.82) is 0 Å². The Morgan fingerprint density at radius 1 is 1.16 bits per heavy atom. The molecule has 1 aromatic carbocycles. The predicted molar refractivity (Wildman–Crippen MR) is 88.4 cm³/mol. The van der Waals surface area contributed by atoms with Gasteiger partial charge in [0.25, 0.3) is 5.91 Å². The Morgan fingerprint density at radius 2 is 1.72 bits per heavy atom. The minimum atomic E-state index is -4.90. The SMILES string of the molecule is CC(C)C(=O)NC(CNC(=O)c1ccc(NS(=O)(=O)F)cc1)C(N)=O. The number of nitrogens with two attached hydrogens (primary N) is 1. The maximum atomic E-state index is 12.5. The minimum absolute atomic E-state index is 0.0572. The summed E-state index contributed by atoms with van der Waals surface area (Å²) in [5.41, 5.74) is 5.26. The molecule has 0 aliphatic rings. The van der Waals surface area contributed by atoms with E-state index in [0.29, 0.717) is 0 Å².